The van der Waals surface area contributed by atoms with Crippen molar-refractivity contribution in [1.82, 2.24) is 14.5 Å². The van der Waals surface area contributed by atoms with Gasteiger partial charge in [0.15, 0.2) is 0 Å². The number of hydrogen-bond acceptors (Lipinski definition) is 6. The number of rotatable bonds is 7. The predicted molar refractivity (Wildman–Crippen MR) is 140 cm³/mol. The Morgan fingerprint density at radius 3 is 2.28 bits per heavy atom. The lowest BCUT2D eigenvalue weighted by atomic mass is 9.90. The number of sulfonamides is 1. The van der Waals surface area contributed by atoms with E-state index < -0.39 is 45.4 Å². The molecule has 2 aromatic carbocycles. The molecule has 1 saturated carbocycles. The third-order valence-corrected chi connectivity index (χ3v) is 10.2. The van der Waals surface area contributed by atoms with Gasteiger partial charge in [-0.1, -0.05) is 11.6 Å². The van der Waals surface area contributed by atoms with Crippen LogP contribution in [0.15, 0.2) is 47.4 Å². The summed E-state index contributed by atoms with van der Waals surface area (Å²) in [5, 5.41) is 12.4. The average molecular weight is 584 g/mol. The van der Waals surface area contributed by atoms with Crippen LogP contribution in [0.25, 0.3) is 0 Å². The summed E-state index contributed by atoms with van der Waals surface area (Å²) < 4.78 is 64.2. The highest BCUT2D eigenvalue weighted by Crippen LogP contribution is 2.52. The van der Waals surface area contributed by atoms with Gasteiger partial charge in [0.25, 0.3) is 0 Å². The Morgan fingerprint density at radius 1 is 1.05 bits per heavy atom. The molecular formula is C27H32ClF2N3O5S. The maximum atomic E-state index is 14.3. The minimum atomic E-state index is -4.18. The Balaban J connectivity index is 1.46. The fourth-order valence-electron chi connectivity index (χ4n) is 5.88. The second-order valence-corrected chi connectivity index (χ2v) is 12.8. The number of ether oxygens (including phenoxy) is 1. The first-order chi connectivity index (χ1) is 18.6. The Labute approximate surface area is 231 Å². The summed E-state index contributed by atoms with van der Waals surface area (Å²) in [5.74, 6) is -1.58. The highest BCUT2D eigenvalue weighted by molar-refractivity contribution is 7.89. The maximum absolute atomic E-state index is 14.3. The number of benzene rings is 2. The summed E-state index contributed by atoms with van der Waals surface area (Å²) in [7, 11) is -4.18. The number of carbonyl (C=O) groups excluding carboxylic acids is 1. The third-order valence-electron chi connectivity index (χ3n) is 8.00. The van der Waals surface area contributed by atoms with E-state index in [-0.39, 0.29) is 23.2 Å². The number of aliphatic hydroxyl groups excluding tert-OH is 1. The van der Waals surface area contributed by atoms with Gasteiger partial charge >= 0.3 is 6.09 Å². The Kier molecular flexibility index (Phi) is 8.17. The van der Waals surface area contributed by atoms with Crippen molar-refractivity contribution in [3.05, 3.63) is 64.7 Å². The molecule has 8 nitrogen and oxygen atoms in total. The summed E-state index contributed by atoms with van der Waals surface area (Å²) in [6.45, 7) is 0.776. The molecule has 5 rings (SSSR count). The molecule has 212 valence electrons. The number of aliphatic hydroxyl groups is 1. The largest absolute Gasteiger partial charge is 0.441 e. The van der Waals surface area contributed by atoms with E-state index in [1.54, 1.807) is 4.90 Å². The van der Waals surface area contributed by atoms with E-state index in [9.17, 15) is 22.0 Å². The van der Waals surface area contributed by atoms with Crippen molar-refractivity contribution in [3.8, 4) is 0 Å². The van der Waals surface area contributed by atoms with E-state index >= 15 is 0 Å². The summed E-state index contributed by atoms with van der Waals surface area (Å²) in [4.78, 5) is 14.8. The molecular weight excluding hydrogens is 552 g/mol. The number of nitrogens with zero attached hydrogens (tertiary/aromatic N) is 2. The average Bonchev–Trinajstić information content (AvgIpc) is 3.69. The molecule has 2 aliphatic heterocycles. The van der Waals surface area contributed by atoms with E-state index in [1.807, 2.05) is 0 Å². The number of nitrogens with one attached hydrogen (secondary N) is 1. The minimum absolute atomic E-state index is 0.00116. The van der Waals surface area contributed by atoms with Gasteiger partial charge in [-0.3, -0.25) is 5.32 Å². The fourth-order valence-corrected chi connectivity index (χ4v) is 7.92. The van der Waals surface area contributed by atoms with Gasteiger partial charge in [-0.2, -0.15) is 4.31 Å². The zero-order valence-corrected chi connectivity index (χ0v) is 22.9. The van der Waals surface area contributed by atoms with Crippen molar-refractivity contribution < 1.29 is 31.8 Å². The molecule has 2 heterocycles. The van der Waals surface area contributed by atoms with Crippen molar-refractivity contribution >= 4 is 27.7 Å². The molecule has 2 N–H and O–H groups in total. The van der Waals surface area contributed by atoms with Crippen LogP contribution in [0.5, 0.6) is 0 Å². The van der Waals surface area contributed by atoms with Crippen LogP contribution in [-0.2, 0) is 14.8 Å². The van der Waals surface area contributed by atoms with Crippen LogP contribution in [0, 0.1) is 11.6 Å². The zero-order chi connectivity index (χ0) is 27.8. The lowest BCUT2D eigenvalue weighted by Gasteiger charge is -2.45. The first kappa shape index (κ1) is 28.2. The third kappa shape index (κ3) is 5.92. The maximum Gasteiger partial charge on any atom is 0.410 e. The van der Waals surface area contributed by atoms with E-state index in [0.29, 0.717) is 63.1 Å². The molecule has 3 fully saturated rings. The van der Waals surface area contributed by atoms with Gasteiger partial charge in [-0.05, 0) is 86.9 Å². The van der Waals surface area contributed by atoms with E-state index in [4.69, 9.17) is 21.4 Å². The zero-order valence-electron chi connectivity index (χ0n) is 21.4. The molecule has 12 heteroatoms. The van der Waals surface area contributed by atoms with Crippen LogP contribution in [0.2, 0.25) is 5.02 Å². The normalized spacial score (nSPS) is 23.9. The van der Waals surface area contributed by atoms with Gasteiger partial charge in [0.2, 0.25) is 10.0 Å². The quantitative estimate of drug-likeness (QED) is 0.463. The van der Waals surface area contributed by atoms with E-state index in [1.165, 1.54) is 28.6 Å². The van der Waals surface area contributed by atoms with Crippen LogP contribution in [0.3, 0.4) is 0 Å². The number of hydrogen-bond donors (Lipinski definition) is 2. The van der Waals surface area contributed by atoms with Crippen LogP contribution < -0.4 is 5.32 Å². The first-order valence-electron chi connectivity index (χ1n) is 13.2. The molecule has 0 radical (unpaired) electrons. The Hall–Kier alpha value is -2.31. The number of piperidine rings is 2. The molecule has 3 aliphatic rings. The van der Waals surface area contributed by atoms with Gasteiger partial charge in [0.1, 0.15) is 17.2 Å². The lowest BCUT2D eigenvalue weighted by Crippen LogP contribution is -2.54. The summed E-state index contributed by atoms with van der Waals surface area (Å²) >= 11 is 6.01. The topological polar surface area (TPSA) is 99.2 Å². The van der Waals surface area contributed by atoms with Gasteiger partial charge in [-0.25, -0.2) is 22.0 Å². The van der Waals surface area contributed by atoms with E-state index in [2.05, 4.69) is 5.32 Å². The highest BCUT2D eigenvalue weighted by atomic mass is 35.5. The number of likely N-dealkylation sites (tertiary alicyclic amines) is 1. The molecule has 2 saturated heterocycles. The first-order valence-corrected chi connectivity index (χ1v) is 15.0. The van der Waals surface area contributed by atoms with Crippen molar-refractivity contribution in [2.75, 3.05) is 19.8 Å². The molecule has 2 atom stereocenters. The second kappa shape index (κ2) is 11.3. The monoisotopic (exact) mass is 583 g/mol. The van der Waals surface area contributed by atoms with Gasteiger partial charge in [-0.15, -0.1) is 0 Å². The Bertz CT molecular complexity index is 1280. The van der Waals surface area contributed by atoms with Gasteiger partial charge in [0.05, 0.1) is 23.7 Å². The Morgan fingerprint density at radius 2 is 1.69 bits per heavy atom. The summed E-state index contributed by atoms with van der Waals surface area (Å²) in [6, 6.07) is 7.41. The fraction of sp³-hybridized carbons (Fsp3) is 0.519. The van der Waals surface area contributed by atoms with Crippen LogP contribution >= 0.6 is 11.6 Å². The van der Waals surface area contributed by atoms with Crippen molar-refractivity contribution in [3.63, 3.8) is 0 Å². The van der Waals surface area contributed by atoms with E-state index in [0.717, 1.165) is 18.2 Å². The molecule has 0 unspecified atom stereocenters. The SMILES string of the molecule is O=C(OC1([C@H]2CCC[C@@H](c3cc(F)cc(F)c3)N2S(=O)(=O)c2ccc(Cl)cc2)CC1)N1CCC(NCO)CC1. The molecule has 0 spiro atoms. The van der Waals surface area contributed by atoms with Crippen molar-refractivity contribution in [2.45, 2.75) is 73.6 Å². The van der Waals surface area contributed by atoms with Crippen LogP contribution in [0.4, 0.5) is 13.6 Å². The molecule has 2 aromatic rings. The number of halogens is 3. The molecule has 0 aromatic heterocycles. The molecule has 1 aliphatic carbocycles. The van der Waals surface area contributed by atoms with Crippen LogP contribution in [-0.4, -0.2) is 66.3 Å². The smallest absolute Gasteiger partial charge is 0.410 e. The van der Waals surface area contributed by atoms with Crippen LogP contribution in [0.1, 0.15) is 56.6 Å². The van der Waals surface area contributed by atoms with Crippen molar-refractivity contribution in [2.24, 2.45) is 0 Å². The number of amides is 1. The van der Waals surface area contributed by atoms with Crippen molar-refractivity contribution in [1.29, 1.82) is 0 Å². The molecule has 39 heavy (non-hydrogen) atoms. The standard InChI is InChI=1S/C27H32ClF2N3O5S/c28-19-4-6-23(7-5-19)39(36,37)33-24(18-14-20(29)16-21(30)15-18)2-1-3-25(33)27(10-11-27)38-26(35)32-12-8-22(9-13-32)31-17-34/h4-7,14-16,22,24-25,31,34H,1-3,8-13,17H2/t24-,25+/m0/s1. The predicted octanol–water partition coefficient (Wildman–Crippen LogP) is 4.58. The number of carbonyl (C=O) groups is 1. The van der Waals surface area contributed by atoms with Gasteiger partial charge in [0, 0.05) is 30.2 Å². The molecule has 0 bridgehead atoms. The molecule has 1 amide bonds. The lowest BCUT2D eigenvalue weighted by molar-refractivity contribution is -0.0116. The summed E-state index contributed by atoms with van der Waals surface area (Å²) in [5.41, 5.74) is -0.809. The second-order valence-electron chi connectivity index (χ2n) is 10.5. The van der Waals surface area contributed by atoms with Gasteiger partial charge < -0.3 is 14.7 Å². The minimum Gasteiger partial charge on any atom is -0.441 e. The summed E-state index contributed by atoms with van der Waals surface area (Å²) in [6.07, 6.45) is 3.20. The highest BCUT2D eigenvalue weighted by Gasteiger charge is 2.60.